The van der Waals surface area contributed by atoms with Crippen LogP contribution in [-0.2, 0) is 0 Å². The van der Waals surface area contributed by atoms with Crippen LogP contribution in [-0.4, -0.2) is 30.6 Å². The monoisotopic (exact) mass is 260 g/mol. The SMILES string of the molecule is Cc1ccccc1C(C)N1CCNC(CC(C)C)C1. The molecular weight excluding hydrogens is 232 g/mol. The van der Waals surface area contributed by atoms with Gasteiger partial charge >= 0.3 is 0 Å². The number of nitrogens with one attached hydrogen (secondary N) is 1. The lowest BCUT2D eigenvalue weighted by Gasteiger charge is -2.38. The van der Waals surface area contributed by atoms with E-state index in [1.54, 1.807) is 0 Å². The van der Waals surface area contributed by atoms with Gasteiger partial charge in [0.15, 0.2) is 0 Å². The number of aryl methyl sites for hydroxylation is 1. The Morgan fingerprint density at radius 2 is 2.00 bits per heavy atom. The second kappa shape index (κ2) is 6.53. The smallest absolute Gasteiger partial charge is 0.0323 e. The molecule has 2 heteroatoms. The highest BCUT2D eigenvalue weighted by Crippen LogP contribution is 2.25. The Kier molecular flexibility index (Phi) is 5.00. The zero-order valence-electron chi connectivity index (χ0n) is 12.8. The van der Waals surface area contributed by atoms with Crippen LogP contribution >= 0.6 is 0 Å². The van der Waals surface area contributed by atoms with Gasteiger partial charge in [0.2, 0.25) is 0 Å². The maximum absolute atomic E-state index is 3.66. The lowest BCUT2D eigenvalue weighted by atomic mass is 9.97. The lowest BCUT2D eigenvalue weighted by Crippen LogP contribution is -2.51. The Labute approximate surface area is 118 Å². The van der Waals surface area contributed by atoms with Crippen molar-refractivity contribution in [1.82, 2.24) is 10.2 Å². The van der Waals surface area contributed by atoms with Crippen molar-refractivity contribution in [2.75, 3.05) is 19.6 Å². The highest BCUT2D eigenvalue weighted by molar-refractivity contribution is 5.28. The molecular formula is C17H28N2. The van der Waals surface area contributed by atoms with Crippen molar-refractivity contribution in [2.45, 2.75) is 46.2 Å². The fraction of sp³-hybridized carbons (Fsp3) is 0.647. The molecule has 1 aromatic carbocycles. The first-order valence-corrected chi connectivity index (χ1v) is 7.61. The topological polar surface area (TPSA) is 15.3 Å². The van der Waals surface area contributed by atoms with E-state index in [4.69, 9.17) is 0 Å². The van der Waals surface area contributed by atoms with Crippen LogP contribution in [0.5, 0.6) is 0 Å². The fourth-order valence-electron chi connectivity index (χ4n) is 3.18. The highest BCUT2D eigenvalue weighted by Gasteiger charge is 2.24. The number of piperazine rings is 1. The van der Waals surface area contributed by atoms with Crippen molar-refractivity contribution < 1.29 is 0 Å². The predicted molar refractivity (Wildman–Crippen MR) is 82.4 cm³/mol. The van der Waals surface area contributed by atoms with Gasteiger partial charge in [-0.1, -0.05) is 38.1 Å². The van der Waals surface area contributed by atoms with Crippen LogP contribution in [0, 0.1) is 12.8 Å². The number of hydrogen-bond acceptors (Lipinski definition) is 2. The standard InChI is InChI=1S/C17H28N2/c1-13(2)11-16-12-19(10-9-18-16)15(4)17-8-6-5-7-14(17)3/h5-8,13,15-16,18H,9-12H2,1-4H3. The van der Waals surface area contributed by atoms with Crippen molar-refractivity contribution in [2.24, 2.45) is 5.92 Å². The van der Waals surface area contributed by atoms with E-state index >= 15 is 0 Å². The van der Waals surface area contributed by atoms with Gasteiger partial charge in [-0.2, -0.15) is 0 Å². The summed E-state index contributed by atoms with van der Waals surface area (Å²) in [5.74, 6) is 0.770. The van der Waals surface area contributed by atoms with Crippen LogP contribution in [0.25, 0.3) is 0 Å². The van der Waals surface area contributed by atoms with E-state index < -0.39 is 0 Å². The molecule has 0 bridgehead atoms. The molecule has 1 saturated heterocycles. The molecule has 0 aliphatic carbocycles. The molecule has 1 aliphatic rings. The summed E-state index contributed by atoms with van der Waals surface area (Å²) in [5.41, 5.74) is 2.89. The Hall–Kier alpha value is -0.860. The molecule has 19 heavy (non-hydrogen) atoms. The van der Waals surface area contributed by atoms with E-state index in [0.29, 0.717) is 12.1 Å². The van der Waals surface area contributed by atoms with Gasteiger partial charge in [0.1, 0.15) is 0 Å². The molecule has 106 valence electrons. The molecule has 0 aromatic heterocycles. The predicted octanol–water partition coefficient (Wildman–Crippen LogP) is 3.38. The molecule has 2 atom stereocenters. The quantitative estimate of drug-likeness (QED) is 0.893. The van der Waals surface area contributed by atoms with Crippen molar-refractivity contribution in [3.8, 4) is 0 Å². The van der Waals surface area contributed by atoms with Gasteiger partial charge in [0.05, 0.1) is 0 Å². The van der Waals surface area contributed by atoms with Gasteiger partial charge in [-0.05, 0) is 37.3 Å². The van der Waals surface area contributed by atoms with Crippen LogP contribution < -0.4 is 5.32 Å². The molecule has 2 rings (SSSR count). The zero-order valence-corrected chi connectivity index (χ0v) is 12.8. The molecule has 1 heterocycles. The van der Waals surface area contributed by atoms with Gasteiger partial charge < -0.3 is 5.32 Å². The molecule has 1 aromatic rings. The molecule has 0 radical (unpaired) electrons. The van der Waals surface area contributed by atoms with Crippen LogP contribution in [0.2, 0.25) is 0 Å². The maximum atomic E-state index is 3.66. The normalized spacial score (nSPS) is 22.7. The van der Waals surface area contributed by atoms with Crippen molar-refractivity contribution in [3.05, 3.63) is 35.4 Å². The summed E-state index contributed by atoms with van der Waals surface area (Å²) in [7, 11) is 0. The average molecular weight is 260 g/mol. The number of nitrogens with zero attached hydrogens (tertiary/aromatic N) is 1. The minimum Gasteiger partial charge on any atom is -0.311 e. The van der Waals surface area contributed by atoms with E-state index in [-0.39, 0.29) is 0 Å². The molecule has 2 unspecified atom stereocenters. The summed E-state index contributed by atoms with van der Waals surface area (Å²) >= 11 is 0. The highest BCUT2D eigenvalue weighted by atomic mass is 15.2. The first-order chi connectivity index (χ1) is 9.08. The zero-order chi connectivity index (χ0) is 13.8. The van der Waals surface area contributed by atoms with Crippen molar-refractivity contribution in [3.63, 3.8) is 0 Å². The summed E-state index contributed by atoms with van der Waals surface area (Å²) in [4.78, 5) is 2.63. The molecule has 1 aliphatic heterocycles. The maximum Gasteiger partial charge on any atom is 0.0323 e. The fourth-order valence-corrected chi connectivity index (χ4v) is 3.18. The first-order valence-electron chi connectivity index (χ1n) is 7.61. The van der Waals surface area contributed by atoms with E-state index in [1.165, 1.54) is 24.1 Å². The third-order valence-electron chi connectivity index (χ3n) is 4.23. The Morgan fingerprint density at radius 3 is 2.68 bits per heavy atom. The van der Waals surface area contributed by atoms with Crippen molar-refractivity contribution >= 4 is 0 Å². The molecule has 1 fully saturated rings. The van der Waals surface area contributed by atoms with Crippen LogP contribution in [0.4, 0.5) is 0 Å². The van der Waals surface area contributed by atoms with E-state index in [1.807, 2.05) is 0 Å². The number of benzene rings is 1. The number of hydrogen-bond donors (Lipinski definition) is 1. The molecule has 1 N–H and O–H groups in total. The largest absolute Gasteiger partial charge is 0.311 e. The summed E-state index contributed by atoms with van der Waals surface area (Å²) in [5, 5.41) is 3.66. The van der Waals surface area contributed by atoms with E-state index in [9.17, 15) is 0 Å². The summed E-state index contributed by atoms with van der Waals surface area (Å²) < 4.78 is 0. The summed E-state index contributed by atoms with van der Waals surface area (Å²) in [6.45, 7) is 12.6. The van der Waals surface area contributed by atoms with Crippen molar-refractivity contribution in [1.29, 1.82) is 0 Å². The van der Waals surface area contributed by atoms with Gasteiger partial charge in [-0.15, -0.1) is 0 Å². The van der Waals surface area contributed by atoms with Crippen LogP contribution in [0.15, 0.2) is 24.3 Å². The Balaban J connectivity index is 2.03. The molecule has 0 amide bonds. The second-order valence-corrected chi connectivity index (χ2v) is 6.31. The Bertz CT molecular complexity index is 400. The van der Waals surface area contributed by atoms with E-state index in [0.717, 1.165) is 19.0 Å². The van der Waals surface area contributed by atoms with Crippen LogP contribution in [0.1, 0.15) is 44.4 Å². The minimum atomic E-state index is 0.526. The number of rotatable bonds is 4. The average Bonchev–Trinajstić information content (AvgIpc) is 2.38. The molecule has 2 nitrogen and oxygen atoms in total. The third-order valence-corrected chi connectivity index (χ3v) is 4.23. The van der Waals surface area contributed by atoms with Gasteiger partial charge in [0.25, 0.3) is 0 Å². The first kappa shape index (κ1) is 14.5. The van der Waals surface area contributed by atoms with Crippen LogP contribution in [0.3, 0.4) is 0 Å². The minimum absolute atomic E-state index is 0.526. The lowest BCUT2D eigenvalue weighted by molar-refractivity contribution is 0.143. The van der Waals surface area contributed by atoms with Gasteiger partial charge in [0, 0.05) is 31.7 Å². The molecule has 0 spiro atoms. The van der Waals surface area contributed by atoms with E-state index in [2.05, 4.69) is 62.2 Å². The summed E-state index contributed by atoms with van der Waals surface area (Å²) in [6, 6.07) is 9.97. The Morgan fingerprint density at radius 1 is 1.26 bits per heavy atom. The van der Waals surface area contributed by atoms with Gasteiger partial charge in [-0.25, -0.2) is 0 Å². The molecule has 0 saturated carbocycles. The second-order valence-electron chi connectivity index (χ2n) is 6.31. The third kappa shape index (κ3) is 3.80. The summed E-state index contributed by atoms with van der Waals surface area (Å²) in [6.07, 6.45) is 1.27. The van der Waals surface area contributed by atoms with Gasteiger partial charge in [-0.3, -0.25) is 4.90 Å².